The van der Waals surface area contributed by atoms with E-state index in [2.05, 4.69) is 22.5 Å². The molecule has 132 valence electrons. The Morgan fingerprint density at radius 1 is 1.12 bits per heavy atom. The van der Waals surface area contributed by atoms with E-state index in [1.807, 2.05) is 43.0 Å². The van der Waals surface area contributed by atoms with Crippen molar-refractivity contribution in [3.8, 4) is 0 Å². The van der Waals surface area contributed by atoms with Crippen LogP contribution in [0, 0.1) is 5.92 Å². The minimum absolute atomic E-state index is 0.0921. The van der Waals surface area contributed by atoms with Crippen molar-refractivity contribution in [3.63, 3.8) is 0 Å². The first-order valence-electron chi connectivity index (χ1n) is 9.08. The molecule has 0 aliphatic heterocycles. The number of benzene rings is 1. The molecule has 1 aliphatic carbocycles. The number of nitrogens with zero attached hydrogens (tertiary/aromatic N) is 2. The van der Waals surface area contributed by atoms with E-state index < -0.39 is 0 Å². The Labute approximate surface area is 145 Å². The highest BCUT2D eigenvalue weighted by molar-refractivity contribution is 5.94. The van der Waals surface area contributed by atoms with Crippen LogP contribution in [0.1, 0.15) is 49.5 Å². The van der Waals surface area contributed by atoms with Gasteiger partial charge in [-0.05, 0) is 57.2 Å². The average molecular weight is 330 g/mol. The van der Waals surface area contributed by atoms with Gasteiger partial charge in [0.1, 0.15) is 0 Å². The van der Waals surface area contributed by atoms with Crippen molar-refractivity contribution in [1.82, 2.24) is 15.5 Å². The summed E-state index contributed by atoms with van der Waals surface area (Å²) in [5.41, 5.74) is 1.85. The first-order valence-corrected chi connectivity index (χ1v) is 9.08. The number of aliphatic imine (C=N–C) groups is 1. The molecule has 1 aromatic carbocycles. The fraction of sp³-hybridized carbons (Fsp3) is 0.579. The first-order chi connectivity index (χ1) is 11.7. The van der Waals surface area contributed by atoms with Crippen molar-refractivity contribution in [1.29, 1.82) is 0 Å². The predicted octanol–water partition coefficient (Wildman–Crippen LogP) is 2.63. The molecule has 5 nitrogen and oxygen atoms in total. The van der Waals surface area contributed by atoms with E-state index in [4.69, 9.17) is 0 Å². The second-order valence-electron chi connectivity index (χ2n) is 6.19. The smallest absolute Gasteiger partial charge is 0.253 e. The van der Waals surface area contributed by atoms with E-state index in [1.165, 1.54) is 12.8 Å². The SMILES string of the molecule is CCNC(=NCc1ccc(C(=O)N(CC)CC)cc1)NCC1CC1. The van der Waals surface area contributed by atoms with Gasteiger partial charge in [-0.1, -0.05) is 12.1 Å². The zero-order valence-electron chi connectivity index (χ0n) is 15.1. The largest absolute Gasteiger partial charge is 0.357 e. The summed E-state index contributed by atoms with van der Waals surface area (Å²) in [6, 6.07) is 7.78. The van der Waals surface area contributed by atoms with E-state index in [9.17, 15) is 4.79 Å². The Morgan fingerprint density at radius 3 is 2.33 bits per heavy atom. The molecule has 0 atom stereocenters. The molecular weight excluding hydrogens is 300 g/mol. The Balaban J connectivity index is 1.93. The molecular formula is C19H30N4O. The molecule has 5 heteroatoms. The van der Waals surface area contributed by atoms with Gasteiger partial charge in [0.05, 0.1) is 6.54 Å². The van der Waals surface area contributed by atoms with Crippen molar-refractivity contribution in [2.24, 2.45) is 10.9 Å². The molecule has 1 amide bonds. The van der Waals surface area contributed by atoms with Crippen molar-refractivity contribution in [2.45, 2.75) is 40.2 Å². The molecule has 1 aliphatic rings. The van der Waals surface area contributed by atoms with Crippen molar-refractivity contribution in [2.75, 3.05) is 26.2 Å². The molecule has 0 bridgehead atoms. The molecule has 1 fully saturated rings. The maximum Gasteiger partial charge on any atom is 0.253 e. The molecule has 24 heavy (non-hydrogen) atoms. The summed E-state index contributed by atoms with van der Waals surface area (Å²) in [7, 11) is 0. The van der Waals surface area contributed by atoms with Crippen LogP contribution in [0.2, 0.25) is 0 Å². The van der Waals surface area contributed by atoms with E-state index in [0.29, 0.717) is 6.54 Å². The second-order valence-corrected chi connectivity index (χ2v) is 6.19. The molecule has 0 radical (unpaired) electrons. The highest BCUT2D eigenvalue weighted by atomic mass is 16.2. The second kappa shape index (κ2) is 9.30. The lowest BCUT2D eigenvalue weighted by molar-refractivity contribution is 0.0773. The van der Waals surface area contributed by atoms with E-state index in [1.54, 1.807) is 0 Å². The normalized spacial score (nSPS) is 14.4. The molecule has 0 heterocycles. The number of carbonyl (C=O) groups is 1. The van der Waals surface area contributed by atoms with Gasteiger partial charge < -0.3 is 15.5 Å². The topological polar surface area (TPSA) is 56.7 Å². The Bertz CT molecular complexity index is 545. The molecule has 2 rings (SSSR count). The Morgan fingerprint density at radius 2 is 1.79 bits per heavy atom. The summed E-state index contributed by atoms with van der Waals surface area (Å²) in [6.45, 7) is 10.0. The lowest BCUT2D eigenvalue weighted by Crippen LogP contribution is -2.38. The molecule has 1 aromatic rings. The molecule has 0 unspecified atom stereocenters. The Hall–Kier alpha value is -2.04. The van der Waals surface area contributed by atoms with Gasteiger partial charge in [-0.3, -0.25) is 4.79 Å². The van der Waals surface area contributed by atoms with Gasteiger partial charge in [0.15, 0.2) is 5.96 Å². The van der Waals surface area contributed by atoms with Crippen LogP contribution in [0.15, 0.2) is 29.3 Å². The van der Waals surface area contributed by atoms with Crippen LogP contribution in [-0.4, -0.2) is 42.9 Å². The van der Waals surface area contributed by atoms with Gasteiger partial charge in [0, 0.05) is 31.7 Å². The summed E-state index contributed by atoms with van der Waals surface area (Å²) in [5, 5.41) is 6.66. The standard InChI is InChI=1S/C19H30N4O/c1-4-20-19(21-13-15-7-8-15)22-14-16-9-11-17(12-10-16)18(24)23(5-2)6-3/h9-12,15H,4-8,13-14H2,1-3H3,(H2,20,21,22). The van der Waals surface area contributed by atoms with Crippen LogP contribution >= 0.6 is 0 Å². The monoisotopic (exact) mass is 330 g/mol. The summed E-state index contributed by atoms with van der Waals surface area (Å²) < 4.78 is 0. The highest BCUT2D eigenvalue weighted by Gasteiger charge is 2.21. The van der Waals surface area contributed by atoms with Crippen LogP contribution in [0.5, 0.6) is 0 Å². The van der Waals surface area contributed by atoms with E-state index in [0.717, 1.165) is 49.2 Å². The molecule has 0 saturated heterocycles. The third kappa shape index (κ3) is 5.55. The highest BCUT2D eigenvalue weighted by Crippen LogP contribution is 2.27. The van der Waals surface area contributed by atoms with Gasteiger partial charge in [0.2, 0.25) is 0 Å². The number of amides is 1. The van der Waals surface area contributed by atoms with Crippen LogP contribution in [0.4, 0.5) is 0 Å². The van der Waals surface area contributed by atoms with Gasteiger partial charge in [0.25, 0.3) is 5.91 Å². The van der Waals surface area contributed by atoms with Crippen LogP contribution in [-0.2, 0) is 6.54 Å². The van der Waals surface area contributed by atoms with Gasteiger partial charge in [-0.25, -0.2) is 4.99 Å². The van der Waals surface area contributed by atoms with Crippen LogP contribution < -0.4 is 10.6 Å². The first kappa shape index (κ1) is 18.3. The maximum atomic E-state index is 12.3. The third-order valence-electron chi connectivity index (χ3n) is 4.27. The average Bonchev–Trinajstić information content (AvgIpc) is 3.43. The maximum absolute atomic E-state index is 12.3. The summed E-state index contributed by atoms with van der Waals surface area (Å²) in [6.07, 6.45) is 2.66. The van der Waals surface area contributed by atoms with Crippen LogP contribution in [0.3, 0.4) is 0 Å². The Kier molecular flexibility index (Phi) is 7.09. The summed E-state index contributed by atoms with van der Waals surface area (Å²) in [5.74, 6) is 1.78. The zero-order valence-corrected chi connectivity index (χ0v) is 15.1. The van der Waals surface area contributed by atoms with Gasteiger partial charge in [-0.2, -0.15) is 0 Å². The number of carbonyl (C=O) groups excluding carboxylic acids is 1. The molecule has 0 spiro atoms. The minimum atomic E-state index is 0.0921. The minimum Gasteiger partial charge on any atom is -0.357 e. The lowest BCUT2D eigenvalue weighted by atomic mass is 10.1. The number of hydrogen-bond donors (Lipinski definition) is 2. The summed E-state index contributed by atoms with van der Waals surface area (Å²) >= 11 is 0. The van der Waals surface area contributed by atoms with Crippen molar-refractivity contribution in [3.05, 3.63) is 35.4 Å². The molecule has 1 saturated carbocycles. The zero-order chi connectivity index (χ0) is 17.4. The van der Waals surface area contributed by atoms with Gasteiger partial charge >= 0.3 is 0 Å². The van der Waals surface area contributed by atoms with Crippen molar-refractivity contribution < 1.29 is 4.79 Å². The lowest BCUT2D eigenvalue weighted by Gasteiger charge is -2.18. The number of guanidine groups is 1. The summed E-state index contributed by atoms with van der Waals surface area (Å²) in [4.78, 5) is 18.8. The fourth-order valence-corrected chi connectivity index (χ4v) is 2.52. The van der Waals surface area contributed by atoms with Gasteiger partial charge in [-0.15, -0.1) is 0 Å². The fourth-order valence-electron chi connectivity index (χ4n) is 2.52. The molecule has 2 N–H and O–H groups in total. The van der Waals surface area contributed by atoms with Crippen LogP contribution in [0.25, 0.3) is 0 Å². The predicted molar refractivity (Wildman–Crippen MR) is 99.2 cm³/mol. The van der Waals surface area contributed by atoms with E-state index in [-0.39, 0.29) is 5.91 Å². The quantitative estimate of drug-likeness (QED) is 0.569. The van der Waals surface area contributed by atoms with E-state index >= 15 is 0 Å². The third-order valence-corrected chi connectivity index (χ3v) is 4.27. The number of hydrogen-bond acceptors (Lipinski definition) is 2. The number of nitrogens with one attached hydrogen (secondary N) is 2. The van der Waals surface area contributed by atoms with Crippen molar-refractivity contribution >= 4 is 11.9 Å². The molecule has 0 aromatic heterocycles. The number of rotatable bonds is 8.